The van der Waals surface area contributed by atoms with Crippen LogP contribution < -0.4 is 20.3 Å². The molecule has 4 aromatic rings. The Hall–Kier alpha value is -4.24. The molecule has 1 amide bonds. The number of nitrogens with one attached hydrogen (secondary N) is 2. The summed E-state index contributed by atoms with van der Waals surface area (Å²) >= 11 is 6.24. The lowest BCUT2D eigenvalue weighted by molar-refractivity contribution is -0.111. The Morgan fingerprint density at radius 1 is 1.17 bits per heavy atom. The van der Waals surface area contributed by atoms with E-state index in [1.807, 2.05) is 48.5 Å². The van der Waals surface area contributed by atoms with Crippen molar-refractivity contribution in [2.75, 3.05) is 28.6 Å². The molecular weight excluding hydrogens is 466 g/mol. The van der Waals surface area contributed by atoms with E-state index in [0.717, 1.165) is 29.7 Å². The molecule has 35 heavy (non-hydrogen) atoms. The zero-order valence-electron chi connectivity index (χ0n) is 18.7. The molecule has 5 rings (SSSR count). The van der Waals surface area contributed by atoms with E-state index in [1.54, 1.807) is 0 Å². The monoisotopic (exact) mass is 487 g/mol. The Balaban J connectivity index is 1.29. The molecule has 9 nitrogen and oxygen atoms in total. The van der Waals surface area contributed by atoms with Gasteiger partial charge in [-0.15, -0.1) is 0 Å². The van der Waals surface area contributed by atoms with E-state index in [2.05, 4.69) is 42.0 Å². The van der Waals surface area contributed by atoms with Crippen LogP contribution in [0.1, 0.15) is 6.42 Å². The summed E-state index contributed by atoms with van der Waals surface area (Å²) < 4.78 is 5.81. The first-order valence-electron chi connectivity index (χ1n) is 11.0. The van der Waals surface area contributed by atoms with Crippen molar-refractivity contribution in [1.29, 1.82) is 0 Å². The summed E-state index contributed by atoms with van der Waals surface area (Å²) in [4.78, 5) is 31.5. The van der Waals surface area contributed by atoms with Crippen molar-refractivity contribution < 1.29 is 9.53 Å². The van der Waals surface area contributed by atoms with Gasteiger partial charge in [-0.1, -0.05) is 36.4 Å². The first-order valence-corrected chi connectivity index (χ1v) is 11.4. The van der Waals surface area contributed by atoms with Gasteiger partial charge >= 0.3 is 0 Å². The number of ether oxygens (including phenoxy) is 1. The molecule has 1 fully saturated rings. The zero-order chi connectivity index (χ0) is 24.2. The number of fused-ring (bicyclic) bond motifs is 1. The fourth-order valence-corrected chi connectivity index (χ4v) is 4.04. The van der Waals surface area contributed by atoms with Crippen LogP contribution in [0.4, 0.5) is 17.5 Å². The highest BCUT2D eigenvalue weighted by Crippen LogP contribution is 2.30. The van der Waals surface area contributed by atoms with Gasteiger partial charge in [0.15, 0.2) is 0 Å². The number of nitrogens with zero attached hydrogens (tertiary/aromatic N) is 5. The number of anilines is 3. The number of benzene rings is 2. The van der Waals surface area contributed by atoms with Crippen molar-refractivity contribution in [2.45, 2.75) is 12.5 Å². The predicted molar refractivity (Wildman–Crippen MR) is 136 cm³/mol. The smallest absolute Gasteiger partial charge is 0.247 e. The fraction of sp³-hybridized carbons (Fsp3) is 0.160. The Kier molecular flexibility index (Phi) is 6.40. The van der Waals surface area contributed by atoms with E-state index in [0.29, 0.717) is 34.8 Å². The Morgan fingerprint density at radius 2 is 2.03 bits per heavy atom. The maximum absolute atomic E-state index is 11.6. The van der Waals surface area contributed by atoms with Crippen molar-refractivity contribution in [3.8, 4) is 11.6 Å². The second-order valence-electron chi connectivity index (χ2n) is 7.96. The van der Waals surface area contributed by atoms with Gasteiger partial charge in [-0.2, -0.15) is 4.98 Å². The van der Waals surface area contributed by atoms with Gasteiger partial charge in [-0.25, -0.2) is 15.0 Å². The van der Waals surface area contributed by atoms with Gasteiger partial charge in [0, 0.05) is 30.2 Å². The Labute approximate surface area is 206 Å². The highest BCUT2D eigenvalue weighted by Gasteiger charge is 2.26. The van der Waals surface area contributed by atoms with Crippen molar-refractivity contribution in [3.05, 3.63) is 78.7 Å². The van der Waals surface area contributed by atoms with E-state index < -0.39 is 0 Å². The first kappa shape index (κ1) is 22.5. The van der Waals surface area contributed by atoms with Gasteiger partial charge in [0.05, 0.1) is 11.7 Å². The van der Waals surface area contributed by atoms with Crippen LogP contribution in [0.5, 0.6) is 11.6 Å². The molecule has 3 heterocycles. The lowest BCUT2D eigenvalue weighted by atomic mass is 10.2. The first-order chi connectivity index (χ1) is 17.1. The third-order valence-corrected chi connectivity index (χ3v) is 5.82. The number of carbonyl (C=O) groups excluding carboxylic acids is 1. The molecule has 176 valence electrons. The molecule has 0 bridgehead atoms. The molecule has 10 heteroatoms. The number of hydrogen-bond donors (Lipinski definition) is 2. The fourth-order valence-electron chi connectivity index (χ4n) is 3.91. The summed E-state index contributed by atoms with van der Waals surface area (Å²) in [5.74, 6) is 1.96. The van der Waals surface area contributed by atoms with Crippen LogP contribution in [0.15, 0.2) is 73.7 Å². The lowest BCUT2D eigenvalue weighted by Crippen LogP contribution is -2.27. The van der Waals surface area contributed by atoms with E-state index in [4.69, 9.17) is 16.3 Å². The van der Waals surface area contributed by atoms with Crippen LogP contribution in [0, 0.1) is 0 Å². The number of para-hydroxylation sites is 1. The molecule has 0 spiro atoms. The minimum atomic E-state index is -0.270. The minimum absolute atomic E-state index is 0.108. The summed E-state index contributed by atoms with van der Waals surface area (Å²) in [5, 5.41) is 7.38. The van der Waals surface area contributed by atoms with Gasteiger partial charge in [0.2, 0.25) is 17.7 Å². The summed E-state index contributed by atoms with van der Waals surface area (Å²) in [6.07, 6.45) is 5.17. The lowest BCUT2D eigenvalue weighted by Gasteiger charge is -2.19. The Morgan fingerprint density at radius 3 is 2.86 bits per heavy atom. The average molecular weight is 488 g/mol. The maximum atomic E-state index is 11.6. The van der Waals surface area contributed by atoms with Crippen LogP contribution in [0.2, 0.25) is 5.02 Å². The predicted octanol–water partition coefficient (Wildman–Crippen LogP) is 4.68. The minimum Gasteiger partial charge on any atom is -0.437 e. The SMILES string of the molecule is C=CC(=O)Nc1ccc2c(N3CCC(Nc4ncc(Cl)c(Oc5ccccc5)n4)C3)ncnc2c1. The van der Waals surface area contributed by atoms with Gasteiger partial charge in [0.1, 0.15) is 22.9 Å². The van der Waals surface area contributed by atoms with E-state index in [9.17, 15) is 4.79 Å². The molecule has 1 saturated heterocycles. The molecule has 2 aromatic heterocycles. The van der Waals surface area contributed by atoms with Crippen molar-refractivity contribution in [2.24, 2.45) is 0 Å². The molecule has 0 aliphatic carbocycles. The summed E-state index contributed by atoms with van der Waals surface area (Å²) in [5.41, 5.74) is 1.40. The summed E-state index contributed by atoms with van der Waals surface area (Å²) in [6, 6.07) is 15.0. The Bertz CT molecular complexity index is 1380. The van der Waals surface area contributed by atoms with Gasteiger partial charge in [-0.05, 0) is 42.8 Å². The van der Waals surface area contributed by atoms with E-state index in [-0.39, 0.29) is 11.9 Å². The van der Waals surface area contributed by atoms with Crippen LogP contribution in [0.25, 0.3) is 10.9 Å². The molecule has 1 unspecified atom stereocenters. The number of halogens is 1. The van der Waals surface area contributed by atoms with Crippen LogP contribution in [-0.2, 0) is 4.79 Å². The molecule has 1 aliphatic rings. The summed E-state index contributed by atoms with van der Waals surface area (Å²) in [6.45, 7) is 4.99. The molecular formula is C25H22ClN7O2. The van der Waals surface area contributed by atoms with Crippen molar-refractivity contribution >= 4 is 45.9 Å². The molecule has 0 radical (unpaired) electrons. The number of aromatic nitrogens is 4. The van der Waals surface area contributed by atoms with E-state index >= 15 is 0 Å². The van der Waals surface area contributed by atoms with Crippen LogP contribution in [0.3, 0.4) is 0 Å². The van der Waals surface area contributed by atoms with E-state index in [1.165, 1.54) is 18.6 Å². The molecule has 1 aliphatic heterocycles. The van der Waals surface area contributed by atoms with Crippen molar-refractivity contribution in [1.82, 2.24) is 19.9 Å². The van der Waals surface area contributed by atoms with Crippen molar-refractivity contribution in [3.63, 3.8) is 0 Å². The molecule has 2 N–H and O–H groups in total. The quantitative estimate of drug-likeness (QED) is 0.362. The second-order valence-corrected chi connectivity index (χ2v) is 8.37. The van der Waals surface area contributed by atoms with Crippen LogP contribution in [-0.4, -0.2) is 45.0 Å². The van der Waals surface area contributed by atoms with Gasteiger partial charge in [-0.3, -0.25) is 4.79 Å². The average Bonchev–Trinajstić information content (AvgIpc) is 3.34. The molecule has 2 aromatic carbocycles. The number of carbonyl (C=O) groups is 1. The highest BCUT2D eigenvalue weighted by atomic mass is 35.5. The van der Waals surface area contributed by atoms with Gasteiger partial charge in [0.25, 0.3) is 0 Å². The largest absolute Gasteiger partial charge is 0.437 e. The zero-order valence-corrected chi connectivity index (χ0v) is 19.4. The molecule has 0 saturated carbocycles. The second kappa shape index (κ2) is 9.94. The molecule has 1 atom stereocenters. The number of hydrogen-bond acceptors (Lipinski definition) is 8. The van der Waals surface area contributed by atoms with Crippen LogP contribution >= 0.6 is 11.6 Å². The van der Waals surface area contributed by atoms with Gasteiger partial charge < -0.3 is 20.3 Å². The number of amides is 1. The third-order valence-electron chi connectivity index (χ3n) is 5.56. The maximum Gasteiger partial charge on any atom is 0.247 e. The topological polar surface area (TPSA) is 105 Å². The highest BCUT2D eigenvalue weighted by molar-refractivity contribution is 6.31. The summed E-state index contributed by atoms with van der Waals surface area (Å²) in [7, 11) is 0. The number of rotatable bonds is 7. The normalized spacial score (nSPS) is 15.1. The standard InChI is InChI=1S/C25H22ClN7O2/c1-2-22(34)30-16-8-9-19-21(12-16)28-15-29-23(19)33-11-10-17(14-33)31-25-27-13-20(26)24(32-25)35-18-6-4-3-5-7-18/h2-9,12-13,15,17H,1,10-11,14H2,(H,30,34)(H,27,31,32). The third kappa shape index (κ3) is 5.15.